The van der Waals surface area contributed by atoms with Crippen LogP contribution in [0.3, 0.4) is 0 Å². The summed E-state index contributed by atoms with van der Waals surface area (Å²) in [6, 6.07) is 14.7. The van der Waals surface area contributed by atoms with Gasteiger partial charge in [0.2, 0.25) is 0 Å². The molecule has 0 saturated heterocycles. The summed E-state index contributed by atoms with van der Waals surface area (Å²) in [6.45, 7) is 0.695. The molecule has 8 heteroatoms. The smallest absolute Gasteiger partial charge is 0.430 e. The zero-order valence-corrected chi connectivity index (χ0v) is 14.2. The second kappa shape index (κ2) is 9.12. The van der Waals surface area contributed by atoms with Crippen molar-refractivity contribution in [2.45, 2.75) is 37.9 Å². The first-order valence-corrected chi connectivity index (χ1v) is 8.17. The molecular formula is C19H18F6O2. The summed E-state index contributed by atoms with van der Waals surface area (Å²) in [5.41, 5.74) is 1.81. The number of rotatable bonds is 9. The molecule has 0 amide bonds. The first-order chi connectivity index (χ1) is 12.7. The van der Waals surface area contributed by atoms with Gasteiger partial charge in [-0.25, -0.2) is 4.39 Å². The van der Waals surface area contributed by atoms with E-state index in [9.17, 15) is 26.3 Å². The molecule has 2 nitrogen and oxygen atoms in total. The van der Waals surface area contributed by atoms with Gasteiger partial charge in [0.15, 0.2) is 0 Å². The third-order valence-corrected chi connectivity index (χ3v) is 3.63. The van der Waals surface area contributed by atoms with E-state index in [-0.39, 0.29) is 6.61 Å². The lowest BCUT2D eigenvalue weighted by molar-refractivity contribution is -0.304. The Kier molecular flexibility index (Phi) is 7.12. The normalized spacial score (nSPS) is 13.4. The van der Waals surface area contributed by atoms with Crippen molar-refractivity contribution in [1.29, 1.82) is 0 Å². The van der Waals surface area contributed by atoms with E-state index in [1.54, 1.807) is 0 Å². The molecule has 0 bridgehead atoms. The number of ether oxygens (including phenoxy) is 2. The lowest BCUT2D eigenvalue weighted by Crippen LogP contribution is -2.45. The molecule has 148 valence electrons. The molecule has 0 N–H and O–H groups in total. The molecule has 1 atom stereocenters. The Balaban J connectivity index is 1.76. The van der Waals surface area contributed by atoms with Gasteiger partial charge in [0.05, 0.1) is 6.61 Å². The molecule has 0 saturated carbocycles. The first-order valence-electron chi connectivity index (χ1n) is 8.17. The van der Waals surface area contributed by atoms with Gasteiger partial charge in [-0.15, -0.1) is 0 Å². The van der Waals surface area contributed by atoms with Crippen molar-refractivity contribution >= 4 is 0 Å². The van der Waals surface area contributed by atoms with Crippen LogP contribution in [-0.2, 0) is 17.8 Å². The highest BCUT2D eigenvalue weighted by molar-refractivity contribution is 5.27. The van der Waals surface area contributed by atoms with Gasteiger partial charge in [0.1, 0.15) is 5.75 Å². The quantitative estimate of drug-likeness (QED) is 0.402. The van der Waals surface area contributed by atoms with Crippen LogP contribution in [0.4, 0.5) is 26.3 Å². The molecule has 0 aliphatic heterocycles. The van der Waals surface area contributed by atoms with E-state index in [2.05, 4.69) is 4.74 Å². The fourth-order valence-corrected chi connectivity index (χ4v) is 2.27. The fourth-order valence-electron chi connectivity index (χ4n) is 2.27. The summed E-state index contributed by atoms with van der Waals surface area (Å²) in [7, 11) is 0. The van der Waals surface area contributed by atoms with Crippen molar-refractivity contribution < 1.29 is 35.8 Å². The van der Waals surface area contributed by atoms with Gasteiger partial charge >= 0.3 is 12.3 Å². The lowest BCUT2D eigenvalue weighted by atomic mass is 10.1. The average Bonchev–Trinajstić information content (AvgIpc) is 2.62. The maximum absolute atomic E-state index is 13.2. The van der Waals surface area contributed by atoms with Crippen molar-refractivity contribution in [3.8, 4) is 5.75 Å². The maximum atomic E-state index is 13.2. The van der Waals surface area contributed by atoms with Gasteiger partial charge in [-0.1, -0.05) is 42.5 Å². The second-order valence-electron chi connectivity index (χ2n) is 5.85. The predicted octanol–water partition coefficient (Wildman–Crippen LogP) is 5.71. The first kappa shape index (κ1) is 21.1. The summed E-state index contributed by atoms with van der Waals surface area (Å²) in [5.74, 6) is -0.570. The monoisotopic (exact) mass is 392 g/mol. The lowest BCUT2D eigenvalue weighted by Gasteiger charge is -2.23. The molecule has 2 rings (SSSR count). The number of benzene rings is 2. The zero-order chi connectivity index (χ0) is 19.9. The molecule has 2 aromatic rings. The minimum atomic E-state index is -5.71. The minimum absolute atomic E-state index is 0.208. The van der Waals surface area contributed by atoms with E-state index in [1.165, 1.54) is 17.7 Å². The number of hydrogen-bond donors (Lipinski definition) is 0. The van der Waals surface area contributed by atoms with Crippen LogP contribution in [0, 0.1) is 0 Å². The van der Waals surface area contributed by atoms with Gasteiger partial charge in [-0.05, 0) is 36.1 Å². The van der Waals surface area contributed by atoms with Crippen LogP contribution in [0.15, 0.2) is 54.6 Å². The highest BCUT2D eigenvalue weighted by Gasteiger charge is 2.59. The van der Waals surface area contributed by atoms with Crippen molar-refractivity contribution in [1.82, 2.24) is 0 Å². The van der Waals surface area contributed by atoms with E-state index < -0.39 is 24.2 Å². The number of alkyl halides is 6. The van der Waals surface area contributed by atoms with Gasteiger partial charge in [-0.3, -0.25) is 0 Å². The minimum Gasteiger partial charge on any atom is -0.430 e. The molecule has 0 fully saturated rings. The Bertz CT molecular complexity index is 686. The maximum Gasteiger partial charge on any atom is 0.439 e. The summed E-state index contributed by atoms with van der Waals surface area (Å²) in [5, 5.41) is 0. The Morgan fingerprint density at radius 1 is 0.815 bits per heavy atom. The van der Waals surface area contributed by atoms with Crippen LogP contribution < -0.4 is 4.74 Å². The molecule has 2 aromatic carbocycles. The molecule has 0 aliphatic carbocycles. The molecule has 0 aromatic heterocycles. The fraction of sp³-hybridized carbons (Fsp3) is 0.368. The van der Waals surface area contributed by atoms with Crippen LogP contribution in [0.2, 0.25) is 0 Å². The van der Waals surface area contributed by atoms with E-state index >= 15 is 0 Å². The Morgan fingerprint density at radius 3 is 2.04 bits per heavy atom. The third-order valence-electron chi connectivity index (χ3n) is 3.63. The van der Waals surface area contributed by atoms with Gasteiger partial charge < -0.3 is 9.47 Å². The molecule has 0 aliphatic rings. The molecule has 0 radical (unpaired) electrons. The number of halogens is 6. The van der Waals surface area contributed by atoms with Crippen molar-refractivity contribution in [2.75, 3.05) is 6.61 Å². The van der Waals surface area contributed by atoms with Crippen molar-refractivity contribution in [2.24, 2.45) is 0 Å². The van der Waals surface area contributed by atoms with Gasteiger partial charge in [0, 0.05) is 6.61 Å². The Morgan fingerprint density at radius 2 is 1.44 bits per heavy atom. The topological polar surface area (TPSA) is 18.5 Å². The van der Waals surface area contributed by atoms with Crippen LogP contribution >= 0.6 is 0 Å². The van der Waals surface area contributed by atoms with Crippen LogP contribution in [0.25, 0.3) is 0 Å². The standard InChI is InChI=1S/C19H18F6O2/c20-17(18(21,22)23)19(24,25)27-16-10-8-15(9-11-16)13-26-12-4-7-14-5-2-1-3-6-14/h1-3,5-6,8-11,17H,4,7,12-13H2. The second-order valence-corrected chi connectivity index (χ2v) is 5.85. The Hall–Kier alpha value is -2.22. The van der Waals surface area contributed by atoms with Crippen LogP contribution in [0.5, 0.6) is 5.75 Å². The van der Waals surface area contributed by atoms with E-state index in [0.29, 0.717) is 12.2 Å². The molecule has 1 unspecified atom stereocenters. The average molecular weight is 392 g/mol. The van der Waals surface area contributed by atoms with Gasteiger partial charge in [-0.2, -0.15) is 22.0 Å². The number of hydrogen-bond acceptors (Lipinski definition) is 2. The van der Waals surface area contributed by atoms with Crippen LogP contribution in [-0.4, -0.2) is 25.1 Å². The predicted molar refractivity (Wildman–Crippen MR) is 87.4 cm³/mol. The highest BCUT2D eigenvalue weighted by Crippen LogP contribution is 2.36. The summed E-state index contributed by atoms with van der Waals surface area (Å²) in [4.78, 5) is 0. The van der Waals surface area contributed by atoms with Crippen LogP contribution in [0.1, 0.15) is 17.5 Å². The van der Waals surface area contributed by atoms with E-state index in [1.807, 2.05) is 30.3 Å². The molecule has 27 heavy (non-hydrogen) atoms. The van der Waals surface area contributed by atoms with Crippen molar-refractivity contribution in [3.63, 3.8) is 0 Å². The summed E-state index contributed by atoms with van der Waals surface area (Å²) in [6.07, 6.45) is -13.5. The molecular weight excluding hydrogens is 374 g/mol. The Labute approximate surface area is 152 Å². The van der Waals surface area contributed by atoms with Crippen molar-refractivity contribution in [3.05, 3.63) is 65.7 Å². The van der Waals surface area contributed by atoms with E-state index in [4.69, 9.17) is 4.74 Å². The number of aryl methyl sites for hydroxylation is 1. The summed E-state index contributed by atoms with van der Waals surface area (Å²) >= 11 is 0. The zero-order valence-electron chi connectivity index (χ0n) is 14.2. The SMILES string of the molecule is FC(C(F)(F)F)C(F)(F)Oc1ccc(COCCCc2ccccc2)cc1. The molecule has 0 spiro atoms. The molecule has 0 heterocycles. The third kappa shape index (κ3) is 6.78. The largest absolute Gasteiger partial charge is 0.439 e. The highest BCUT2D eigenvalue weighted by atomic mass is 19.4. The summed E-state index contributed by atoms with van der Waals surface area (Å²) < 4.78 is 84.7. The van der Waals surface area contributed by atoms with E-state index in [0.717, 1.165) is 25.0 Å². The van der Waals surface area contributed by atoms with Gasteiger partial charge in [0.25, 0.3) is 6.17 Å².